The summed E-state index contributed by atoms with van der Waals surface area (Å²) in [4.78, 5) is 20.6. The molecule has 1 aromatic rings. The Morgan fingerprint density at radius 2 is 1.91 bits per heavy atom. The van der Waals surface area contributed by atoms with Crippen molar-refractivity contribution in [3.8, 4) is 0 Å². The molecule has 1 fully saturated rings. The number of rotatable bonds is 4. The average molecular weight is 319 g/mol. The summed E-state index contributed by atoms with van der Waals surface area (Å²) in [6.45, 7) is 8.93. The van der Waals surface area contributed by atoms with Crippen molar-refractivity contribution in [3.63, 3.8) is 0 Å². The van der Waals surface area contributed by atoms with Crippen molar-refractivity contribution in [1.29, 1.82) is 0 Å². The molecular weight excluding hydrogens is 290 g/mol. The highest BCUT2D eigenvalue weighted by atomic mass is 16.5. The molecule has 1 aliphatic carbocycles. The first-order valence-electron chi connectivity index (χ1n) is 8.55. The summed E-state index contributed by atoms with van der Waals surface area (Å²) in [5, 5.41) is 3.46. The van der Waals surface area contributed by atoms with E-state index in [0.717, 1.165) is 24.5 Å². The van der Waals surface area contributed by atoms with Gasteiger partial charge in [-0.15, -0.1) is 0 Å². The standard InChI is InChI=1S/C18H29N3O2/c1-6-14-15(17(22)23-5)16(20-11-19-14)21-13-9-7-12(8-10-13)18(2,3)4/h11-13H,6-10H2,1-5H3,(H,19,20,21)/t12-,13+. The summed E-state index contributed by atoms with van der Waals surface area (Å²) in [6.07, 6.45) is 6.83. The number of carbonyl (C=O) groups is 1. The molecule has 0 unspecified atom stereocenters. The van der Waals surface area contributed by atoms with Gasteiger partial charge in [-0.1, -0.05) is 27.7 Å². The molecule has 1 aliphatic rings. The summed E-state index contributed by atoms with van der Waals surface area (Å²) in [6, 6.07) is 0.358. The number of methoxy groups -OCH3 is 1. The van der Waals surface area contributed by atoms with Crippen LogP contribution in [0.25, 0.3) is 0 Å². The zero-order valence-corrected chi connectivity index (χ0v) is 15.0. The Morgan fingerprint density at radius 3 is 2.43 bits per heavy atom. The average Bonchev–Trinajstić information content (AvgIpc) is 2.53. The van der Waals surface area contributed by atoms with Crippen LogP contribution in [0.3, 0.4) is 0 Å². The first kappa shape index (κ1) is 17.7. The zero-order valence-electron chi connectivity index (χ0n) is 15.0. The van der Waals surface area contributed by atoms with Gasteiger partial charge in [0.25, 0.3) is 0 Å². The molecule has 23 heavy (non-hydrogen) atoms. The Kier molecular flexibility index (Phi) is 5.60. The van der Waals surface area contributed by atoms with Crippen LogP contribution in [0, 0.1) is 11.3 Å². The van der Waals surface area contributed by atoms with Crippen LogP contribution >= 0.6 is 0 Å². The van der Waals surface area contributed by atoms with E-state index in [9.17, 15) is 4.79 Å². The minimum atomic E-state index is -0.367. The van der Waals surface area contributed by atoms with Gasteiger partial charge in [0.15, 0.2) is 0 Å². The van der Waals surface area contributed by atoms with Crippen LogP contribution in [0.2, 0.25) is 0 Å². The lowest BCUT2D eigenvalue weighted by molar-refractivity contribution is 0.0599. The van der Waals surface area contributed by atoms with Crippen molar-refractivity contribution < 1.29 is 9.53 Å². The highest BCUT2D eigenvalue weighted by Gasteiger charge is 2.30. The molecule has 2 rings (SSSR count). The second kappa shape index (κ2) is 7.28. The van der Waals surface area contributed by atoms with Crippen LogP contribution in [0.4, 0.5) is 5.82 Å². The van der Waals surface area contributed by atoms with E-state index in [2.05, 4.69) is 36.1 Å². The Balaban J connectivity index is 2.11. The number of nitrogens with zero attached hydrogens (tertiary/aromatic N) is 2. The Morgan fingerprint density at radius 1 is 1.26 bits per heavy atom. The number of ether oxygens (including phenoxy) is 1. The van der Waals surface area contributed by atoms with Gasteiger partial charge in [0.1, 0.15) is 17.7 Å². The van der Waals surface area contributed by atoms with Gasteiger partial charge in [0.05, 0.1) is 12.8 Å². The molecule has 1 aromatic heterocycles. The number of aryl methyl sites for hydroxylation is 1. The lowest BCUT2D eigenvalue weighted by atomic mass is 9.71. The van der Waals surface area contributed by atoms with Gasteiger partial charge in [0.2, 0.25) is 0 Å². The van der Waals surface area contributed by atoms with Gasteiger partial charge in [0, 0.05) is 6.04 Å². The molecule has 1 heterocycles. The molecule has 0 radical (unpaired) electrons. The van der Waals surface area contributed by atoms with Crippen LogP contribution < -0.4 is 5.32 Å². The first-order valence-corrected chi connectivity index (χ1v) is 8.55. The quantitative estimate of drug-likeness (QED) is 0.854. The van der Waals surface area contributed by atoms with Gasteiger partial charge >= 0.3 is 5.97 Å². The summed E-state index contributed by atoms with van der Waals surface area (Å²) in [5.41, 5.74) is 1.58. The third-order valence-electron chi connectivity index (χ3n) is 4.94. The summed E-state index contributed by atoms with van der Waals surface area (Å²) < 4.78 is 4.91. The fourth-order valence-corrected chi connectivity index (χ4v) is 3.41. The fourth-order valence-electron chi connectivity index (χ4n) is 3.41. The smallest absolute Gasteiger partial charge is 0.343 e. The van der Waals surface area contributed by atoms with Gasteiger partial charge in [-0.25, -0.2) is 14.8 Å². The number of hydrogen-bond donors (Lipinski definition) is 1. The predicted octanol–water partition coefficient (Wildman–Crippen LogP) is 3.84. The Hall–Kier alpha value is -1.65. The van der Waals surface area contributed by atoms with Crippen LogP contribution in [-0.2, 0) is 11.2 Å². The number of hydrogen-bond acceptors (Lipinski definition) is 5. The molecule has 128 valence electrons. The lowest BCUT2D eigenvalue weighted by Gasteiger charge is -2.37. The normalized spacial score (nSPS) is 21.8. The molecule has 0 saturated heterocycles. The molecule has 5 nitrogen and oxygen atoms in total. The number of nitrogens with one attached hydrogen (secondary N) is 1. The third kappa shape index (κ3) is 4.21. The second-order valence-electron chi connectivity index (χ2n) is 7.45. The van der Waals surface area contributed by atoms with E-state index < -0.39 is 0 Å². The maximum Gasteiger partial charge on any atom is 0.343 e. The van der Waals surface area contributed by atoms with E-state index in [4.69, 9.17) is 4.74 Å². The van der Waals surface area contributed by atoms with Gasteiger partial charge in [-0.05, 0) is 43.4 Å². The first-order chi connectivity index (χ1) is 10.9. The van der Waals surface area contributed by atoms with Crippen LogP contribution in [0.1, 0.15) is 69.4 Å². The van der Waals surface area contributed by atoms with E-state index >= 15 is 0 Å². The Labute approximate surface area is 139 Å². The van der Waals surface area contributed by atoms with Crippen molar-refractivity contribution in [2.24, 2.45) is 11.3 Å². The van der Waals surface area contributed by atoms with E-state index in [0.29, 0.717) is 29.3 Å². The maximum absolute atomic E-state index is 12.1. The SMILES string of the molecule is CCc1ncnc(N[C@H]2CC[C@@H](C(C)(C)C)CC2)c1C(=O)OC. The molecule has 5 heteroatoms. The summed E-state index contributed by atoms with van der Waals surface area (Å²) >= 11 is 0. The van der Waals surface area contributed by atoms with E-state index in [1.165, 1.54) is 26.3 Å². The number of carbonyl (C=O) groups excluding carboxylic acids is 1. The van der Waals surface area contributed by atoms with Gasteiger partial charge < -0.3 is 10.1 Å². The molecule has 0 atom stereocenters. The summed E-state index contributed by atoms with van der Waals surface area (Å²) in [7, 11) is 1.40. The molecule has 1 saturated carbocycles. The third-order valence-corrected chi connectivity index (χ3v) is 4.94. The van der Waals surface area contributed by atoms with E-state index in [1.807, 2.05) is 6.92 Å². The van der Waals surface area contributed by atoms with Crippen molar-refractivity contribution in [2.75, 3.05) is 12.4 Å². The maximum atomic E-state index is 12.1. The van der Waals surface area contributed by atoms with Crippen LogP contribution in [0.5, 0.6) is 0 Å². The topological polar surface area (TPSA) is 64.1 Å². The zero-order chi connectivity index (χ0) is 17.0. The summed E-state index contributed by atoms with van der Waals surface area (Å²) in [5.74, 6) is 1.01. The monoisotopic (exact) mass is 319 g/mol. The van der Waals surface area contributed by atoms with Crippen LogP contribution in [0.15, 0.2) is 6.33 Å². The van der Waals surface area contributed by atoms with Gasteiger partial charge in [-0.3, -0.25) is 0 Å². The molecule has 0 amide bonds. The van der Waals surface area contributed by atoms with Crippen molar-refractivity contribution in [1.82, 2.24) is 9.97 Å². The van der Waals surface area contributed by atoms with Gasteiger partial charge in [-0.2, -0.15) is 0 Å². The molecule has 1 N–H and O–H groups in total. The minimum Gasteiger partial charge on any atom is -0.465 e. The second-order valence-corrected chi connectivity index (χ2v) is 7.45. The highest BCUT2D eigenvalue weighted by molar-refractivity contribution is 5.95. The molecule has 0 aliphatic heterocycles. The van der Waals surface area contributed by atoms with Crippen molar-refractivity contribution in [3.05, 3.63) is 17.6 Å². The van der Waals surface area contributed by atoms with Crippen molar-refractivity contribution >= 4 is 11.8 Å². The fraction of sp³-hybridized carbons (Fsp3) is 0.722. The number of aromatic nitrogens is 2. The molecule has 0 aromatic carbocycles. The van der Waals surface area contributed by atoms with E-state index in [1.54, 1.807) is 0 Å². The predicted molar refractivity (Wildman–Crippen MR) is 91.6 cm³/mol. The largest absolute Gasteiger partial charge is 0.465 e. The minimum absolute atomic E-state index is 0.358. The highest BCUT2D eigenvalue weighted by Crippen LogP contribution is 2.38. The number of anilines is 1. The lowest BCUT2D eigenvalue weighted by Crippen LogP contribution is -2.32. The van der Waals surface area contributed by atoms with Crippen LogP contribution in [-0.4, -0.2) is 29.1 Å². The Bertz CT molecular complexity index is 544. The molecule has 0 spiro atoms. The van der Waals surface area contributed by atoms with E-state index in [-0.39, 0.29) is 5.97 Å². The van der Waals surface area contributed by atoms with Crippen molar-refractivity contribution in [2.45, 2.75) is 65.8 Å². The number of esters is 1. The molecule has 0 bridgehead atoms. The molecular formula is C18H29N3O2.